The lowest BCUT2D eigenvalue weighted by atomic mass is 9.74. The third-order valence-electron chi connectivity index (χ3n) is 6.55. The second-order valence-corrected chi connectivity index (χ2v) is 12.6. The minimum Gasteiger partial charge on any atom is -0.219 e. The number of alkyl halides is 6. The minimum absolute atomic E-state index is 0.0289. The van der Waals surface area contributed by atoms with Gasteiger partial charge in [-0.3, -0.25) is 0 Å². The molecular formula is C17H26F6O4S2. The lowest BCUT2D eigenvalue weighted by molar-refractivity contribution is -0.0470. The molecule has 0 radical (unpaired) electrons. The minimum atomic E-state index is -5.43. The van der Waals surface area contributed by atoms with Crippen LogP contribution in [0.5, 0.6) is 0 Å². The predicted molar refractivity (Wildman–Crippen MR) is 95.2 cm³/mol. The van der Waals surface area contributed by atoms with E-state index >= 15 is 0 Å². The first-order valence-corrected chi connectivity index (χ1v) is 12.8. The van der Waals surface area contributed by atoms with E-state index < -0.39 is 58.9 Å². The van der Waals surface area contributed by atoms with Crippen molar-refractivity contribution < 1.29 is 43.2 Å². The number of rotatable bonds is 5. The molecule has 2 rings (SSSR count). The van der Waals surface area contributed by atoms with Gasteiger partial charge < -0.3 is 0 Å². The smallest absolute Gasteiger partial charge is 0.219 e. The largest absolute Gasteiger partial charge is 0.497 e. The van der Waals surface area contributed by atoms with Crippen molar-refractivity contribution in [3.8, 4) is 0 Å². The summed E-state index contributed by atoms with van der Waals surface area (Å²) in [5.41, 5.74) is -10.8. The standard InChI is InChI=1S/C17H26F6O4S2/c1-11(28(24,25)16(18,19)20)12-7-9-14(10-8-12)15(13-5-3-2-4-6-13)29(26,27)17(21,22)23/h11-15H,2-10H2,1H3. The van der Waals surface area contributed by atoms with Crippen LogP contribution in [0.15, 0.2) is 0 Å². The number of halogens is 6. The molecule has 0 aromatic rings. The predicted octanol–water partition coefficient (Wildman–Crippen LogP) is 5.00. The Morgan fingerprint density at radius 1 is 0.621 bits per heavy atom. The van der Waals surface area contributed by atoms with Crippen molar-refractivity contribution in [3.63, 3.8) is 0 Å². The first kappa shape index (κ1) is 24.7. The fourth-order valence-electron chi connectivity index (χ4n) is 4.92. The molecule has 0 heterocycles. The van der Waals surface area contributed by atoms with E-state index in [1.54, 1.807) is 0 Å². The Hall–Kier alpha value is -0.520. The van der Waals surface area contributed by atoms with Gasteiger partial charge >= 0.3 is 11.0 Å². The molecule has 0 bridgehead atoms. The van der Waals surface area contributed by atoms with Crippen molar-refractivity contribution in [2.45, 2.75) is 86.2 Å². The molecule has 0 saturated heterocycles. The normalized spacial score (nSPS) is 28.1. The van der Waals surface area contributed by atoms with Crippen LogP contribution in [0, 0.1) is 17.8 Å². The molecule has 0 aliphatic heterocycles. The summed E-state index contributed by atoms with van der Waals surface area (Å²) in [7, 11) is -10.8. The molecule has 2 atom stereocenters. The molecule has 4 nitrogen and oxygen atoms in total. The fourth-order valence-corrected chi connectivity index (χ4v) is 7.98. The van der Waals surface area contributed by atoms with E-state index in [1.807, 2.05) is 0 Å². The van der Waals surface area contributed by atoms with Crippen molar-refractivity contribution in [1.29, 1.82) is 0 Å². The van der Waals surface area contributed by atoms with Gasteiger partial charge in [-0.2, -0.15) is 26.3 Å². The van der Waals surface area contributed by atoms with E-state index in [4.69, 9.17) is 0 Å². The van der Waals surface area contributed by atoms with Crippen LogP contribution >= 0.6 is 0 Å². The third-order valence-corrected chi connectivity index (χ3v) is 10.7. The molecule has 172 valence electrons. The lowest BCUT2D eigenvalue weighted by Crippen LogP contribution is -2.46. The summed E-state index contributed by atoms with van der Waals surface area (Å²) in [5, 5.41) is -3.32. The Labute approximate surface area is 167 Å². The molecule has 0 aromatic carbocycles. The highest BCUT2D eigenvalue weighted by atomic mass is 32.2. The van der Waals surface area contributed by atoms with Crippen LogP contribution in [-0.2, 0) is 19.7 Å². The first-order chi connectivity index (χ1) is 13.1. The topological polar surface area (TPSA) is 68.3 Å². The van der Waals surface area contributed by atoms with E-state index in [9.17, 15) is 43.2 Å². The summed E-state index contributed by atoms with van der Waals surface area (Å²) in [5.74, 6) is -2.33. The summed E-state index contributed by atoms with van der Waals surface area (Å²) in [6.45, 7) is 0.957. The van der Waals surface area contributed by atoms with Gasteiger partial charge in [0, 0.05) is 0 Å². The van der Waals surface area contributed by atoms with E-state index in [0.717, 1.165) is 13.3 Å². The third kappa shape index (κ3) is 5.04. The van der Waals surface area contributed by atoms with E-state index in [-0.39, 0.29) is 25.7 Å². The zero-order chi connectivity index (χ0) is 22.3. The molecule has 2 fully saturated rings. The zero-order valence-corrected chi connectivity index (χ0v) is 17.6. The van der Waals surface area contributed by atoms with Gasteiger partial charge in [-0.1, -0.05) is 19.3 Å². The van der Waals surface area contributed by atoms with E-state index in [1.165, 1.54) is 0 Å². The van der Waals surface area contributed by atoms with Gasteiger partial charge in [0.15, 0.2) is 0 Å². The summed E-state index contributed by atoms with van der Waals surface area (Å²) in [4.78, 5) is 0. The summed E-state index contributed by atoms with van der Waals surface area (Å²) in [6, 6.07) is 0. The average Bonchev–Trinajstić information content (AvgIpc) is 2.60. The highest BCUT2D eigenvalue weighted by molar-refractivity contribution is 7.93. The maximum atomic E-state index is 13.3. The zero-order valence-electron chi connectivity index (χ0n) is 16.0. The van der Waals surface area contributed by atoms with Gasteiger partial charge in [0.25, 0.3) is 19.7 Å². The Morgan fingerprint density at radius 2 is 1.00 bits per heavy atom. The molecule has 29 heavy (non-hydrogen) atoms. The second-order valence-electron chi connectivity index (χ2n) is 8.22. The fraction of sp³-hybridized carbons (Fsp3) is 1.00. The molecule has 2 unspecified atom stereocenters. The van der Waals surface area contributed by atoms with Gasteiger partial charge in [0.2, 0.25) is 0 Å². The van der Waals surface area contributed by atoms with Crippen LogP contribution in [0.4, 0.5) is 26.3 Å². The maximum Gasteiger partial charge on any atom is 0.497 e. The van der Waals surface area contributed by atoms with Crippen molar-refractivity contribution >= 4 is 19.7 Å². The first-order valence-electron chi connectivity index (χ1n) is 9.71. The highest BCUT2D eigenvalue weighted by Crippen LogP contribution is 2.46. The quantitative estimate of drug-likeness (QED) is 0.528. The van der Waals surface area contributed by atoms with Crippen molar-refractivity contribution in [1.82, 2.24) is 0 Å². The van der Waals surface area contributed by atoms with Gasteiger partial charge in [-0.15, -0.1) is 0 Å². The number of sulfone groups is 2. The molecule has 0 amide bonds. The molecular weight excluding hydrogens is 446 g/mol. The number of hydrogen-bond acceptors (Lipinski definition) is 4. The van der Waals surface area contributed by atoms with Gasteiger partial charge in [-0.25, -0.2) is 16.8 Å². The molecule has 2 aliphatic carbocycles. The SMILES string of the molecule is CC(C1CCC(C(C2CCCCC2)S(=O)(=O)C(F)(F)F)CC1)S(=O)(=O)C(F)(F)F. The van der Waals surface area contributed by atoms with Crippen molar-refractivity contribution in [2.24, 2.45) is 17.8 Å². The van der Waals surface area contributed by atoms with Crippen LogP contribution in [0.2, 0.25) is 0 Å². The monoisotopic (exact) mass is 472 g/mol. The van der Waals surface area contributed by atoms with E-state index in [0.29, 0.717) is 25.7 Å². The Morgan fingerprint density at radius 3 is 1.41 bits per heavy atom. The van der Waals surface area contributed by atoms with Crippen LogP contribution in [0.25, 0.3) is 0 Å². The Kier molecular flexibility index (Phi) is 7.29. The molecule has 0 spiro atoms. The van der Waals surface area contributed by atoms with Crippen molar-refractivity contribution in [2.75, 3.05) is 0 Å². The van der Waals surface area contributed by atoms with Crippen LogP contribution < -0.4 is 0 Å². The van der Waals surface area contributed by atoms with Crippen molar-refractivity contribution in [3.05, 3.63) is 0 Å². The Bertz CT molecular complexity index is 759. The summed E-state index contributed by atoms with van der Waals surface area (Å²) in [6.07, 6.45) is 2.72. The van der Waals surface area contributed by atoms with Crippen LogP contribution in [0.1, 0.15) is 64.7 Å². The van der Waals surface area contributed by atoms with E-state index in [2.05, 4.69) is 0 Å². The number of hydrogen-bond donors (Lipinski definition) is 0. The molecule has 2 aliphatic rings. The Balaban J connectivity index is 2.20. The molecule has 0 aromatic heterocycles. The van der Waals surface area contributed by atoms with Gasteiger partial charge in [0.05, 0.1) is 10.5 Å². The summed E-state index contributed by atoms with van der Waals surface area (Å²) < 4.78 is 126. The van der Waals surface area contributed by atoms with Crippen LogP contribution in [-0.4, -0.2) is 38.4 Å². The van der Waals surface area contributed by atoms with Gasteiger partial charge in [-0.05, 0) is 63.2 Å². The highest BCUT2D eigenvalue weighted by Gasteiger charge is 2.56. The molecule has 12 heteroatoms. The molecule has 0 N–H and O–H groups in total. The van der Waals surface area contributed by atoms with Gasteiger partial charge in [0.1, 0.15) is 0 Å². The lowest BCUT2D eigenvalue weighted by Gasteiger charge is -2.40. The van der Waals surface area contributed by atoms with Crippen LogP contribution in [0.3, 0.4) is 0 Å². The molecule has 2 saturated carbocycles. The average molecular weight is 473 g/mol. The maximum absolute atomic E-state index is 13.3. The second kappa shape index (κ2) is 8.55. The summed E-state index contributed by atoms with van der Waals surface area (Å²) >= 11 is 0.